The van der Waals surface area contributed by atoms with Crippen molar-refractivity contribution in [1.82, 2.24) is 0 Å². The maximum atomic E-state index is 12.5. The first kappa shape index (κ1) is 18.8. The molecule has 0 heterocycles. The van der Waals surface area contributed by atoms with Gasteiger partial charge in [-0.15, -0.1) is 0 Å². The second-order valence-electron chi connectivity index (χ2n) is 5.12. The first-order valence-corrected chi connectivity index (χ1v) is 8.61. The number of ether oxygens (including phenoxy) is 1. The number of esters is 1. The molecule has 1 N–H and O–H groups in total. The van der Waals surface area contributed by atoms with Crippen molar-refractivity contribution in [3.63, 3.8) is 0 Å². The Morgan fingerprint density at radius 1 is 1.04 bits per heavy atom. The van der Waals surface area contributed by atoms with Gasteiger partial charge in [-0.3, -0.25) is 4.72 Å². The zero-order chi connectivity index (χ0) is 18.7. The van der Waals surface area contributed by atoms with Gasteiger partial charge in [-0.2, -0.15) is 13.2 Å². The van der Waals surface area contributed by atoms with Gasteiger partial charge in [0.25, 0.3) is 0 Å². The maximum Gasteiger partial charge on any atom is 0.416 e. The van der Waals surface area contributed by atoms with Crippen molar-refractivity contribution in [2.24, 2.45) is 0 Å². The summed E-state index contributed by atoms with van der Waals surface area (Å²) in [6, 6.07) is 9.44. The lowest BCUT2D eigenvalue weighted by Crippen LogP contribution is -2.15. The van der Waals surface area contributed by atoms with Crippen LogP contribution in [0.25, 0.3) is 0 Å². The number of methoxy groups -OCH3 is 1. The molecule has 0 fully saturated rings. The lowest BCUT2D eigenvalue weighted by atomic mass is 10.1. The number of carbonyl (C=O) groups excluding carboxylic acids is 1. The predicted octanol–water partition coefficient (Wildman–Crippen LogP) is 3.43. The summed E-state index contributed by atoms with van der Waals surface area (Å²) in [5, 5.41) is 0. The van der Waals surface area contributed by atoms with E-state index in [4.69, 9.17) is 0 Å². The lowest BCUT2D eigenvalue weighted by Gasteiger charge is -2.10. The van der Waals surface area contributed by atoms with Gasteiger partial charge in [0.1, 0.15) is 0 Å². The average Bonchev–Trinajstić information content (AvgIpc) is 2.53. The Morgan fingerprint density at radius 2 is 1.60 bits per heavy atom. The summed E-state index contributed by atoms with van der Waals surface area (Å²) in [6.07, 6.45) is -4.49. The smallest absolute Gasteiger partial charge is 0.416 e. The molecule has 0 amide bonds. The SMILES string of the molecule is COC(=O)c1ccc(CS(=O)(=O)Nc2ccc(C(F)(F)F)cc2)cc1. The second-order valence-corrected chi connectivity index (χ2v) is 6.85. The van der Waals surface area contributed by atoms with Gasteiger partial charge in [-0.25, -0.2) is 13.2 Å². The standard InChI is InChI=1S/C16H14F3NO4S/c1-24-15(21)12-4-2-11(3-5-12)10-25(22,23)20-14-8-6-13(7-9-14)16(17,18)19/h2-9,20H,10H2,1H3. The minimum absolute atomic E-state index is 0.0270. The minimum atomic E-state index is -4.49. The zero-order valence-electron chi connectivity index (χ0n) is 13.0. The van der Waals surface area contributed by atoms with E-state index in [0.717, 1.165) is 24.3 Å². The van der Waals surface area contributed by atoms with Crippen LogP contribution in [0.4, 0.5) is 18.9 Å². The molecule has 134 valence electrons. The Bertz CT molecular complexity index is 844. The quantitative estimate of drug-likeness (QED) is 0.815. The van der Waals surface area contributed by atoms with Crippen LogP contribution in [-0.4, -0.2) is 21.5 Å². The molecule has 0 aliphatic heterocycles. The predicted molar refractivity (Wildman–Crippen MR) is 85.5 cm³/mol. The van der Waals surface area contributed by atoms with Crippen LogP contribution in [-0.2, 0) is 26.7 Å². The highest BCUT2D eigenvalue weighted by Gasteiger charge is 2.30. The Labute approximate surface area is 142 Å². The van der Waals surface area contributed by atoms with Gasteiger partial charge in [-0.05, 0) is 42.0 Å². The number of hydrogen-bond acceptors (Lipinski definition) is 4. The van der Waals surface area contributed by atoms with Gasteiger partial charge in [-0.1, -0.05) is 12.1 Å². The van der Waals surface area contributed by atoms with E-state index < -0.39 is 33.5 Å². The monoisotopic (exact) mass is 373 g/mol. The second kappa shape index (κ2) is 7.14. The highest BCUT2D eigenvalue weighted by Crippen LogP contribution is 2.30. The van der Waals surface area contributed by atoms with E-state index in [1.807, 2.05) is 0 Å². The number of anilines is 1. The molecule has 0 aromatic heterocycles. The number of sulfonamides is 1. The van der Waals surface area contributed by atoms with E-state index in [1.54, 1.807) is 0 Å². The van der Waals surface area contributed by atoms with Crippen LogP contribution in [0, 0.1) is 0 Å². The molecular formula is C16H14F3NO4S. The Balaban J connectivity index is 2.08. The van der Waals surface area contributed by atoms with E-state index in [1.165, 1.54) is 31.4 Å². The fraction of sp³-hybridized carbons (Fsp3) is 0.188. The fourth-order valence-corrected chi connectivity index (χ4v) is 3.22. The van der Waals surface area contributed by atoms with Crippen LogP contribution in [0.5, 0.6) is 0 Å². The van der Waals surface area contributed by atoms with Gasteiger partial charge in [0.15, 0.2) is 0 Å². The van der Waals surface area contributed by atoms with Crippen LogP contribution in [0.15, 0.2) is 48.5 Å². The summed E-state index contributed by atoms with van der Waals surface area (Å²) in [4.78, 5) is 11.3. The molecule has 25 heavy (non-hydrogen) atoms. The molecule has 0 aliphatic carbocycles. The maximum absolute atomic E-state index is 12.5. The van der Waals surface area contributed by atoms with E-state index in [2.05, 4.69) is 9.46 Å². The van der Waals surface area contributed by atoms with Gasteiger partial charge in [0.2, 0.25) is 10.0 Å². The highest BCUT2D eigenvalue weighted by molar-refractivity contribution is 7.91. The highest BCUT2D eigenvalue weighted by atomic mass is 32.2. The molecule has 2 aromatic carbocycles. The Morgan fingerprint density at radius 3 is 2.08 bits per heavy atom. The summed E-state index contributed by atoms with van der Waals surface area (Å²) < 4.78 is 68.4. The molecule has 0 spiro atoms. The van der Waals surface area contributed by atoms with E-state index >= 15 is 0 Å². The molecule has 2 rings (SSSR count). The molecular weight excluding hydrogens is 359 g/mol. The summed E-state index contributed by atoms with van der Waals surface area (Å²) >= 11 is 0. The summed E-state index contributed by atoms with van der Waals surface area (Å²) in [7, 11) is -2.59. The van der Waals surface area contributed by atoms with Crippen molar-refractivity contribution in [1.29, 1.82) is 0 Å². The van der Waals surface area contributed by atoms with Gasteiger partial charge >= 0.3 is 12.1 Å². The molecule has 5 nitrogen and oxygen atoms in total. The zero-order valence-corrected chi connectivity index (χ0v) is 13.8. The van der Waals surface area contributed by atoms with E-state index in [0.29, 0.717) is 5.56 Å². The summed E-state index contributed by atoms with van der Waals surface area (Å²) in [5.74, 6) is -0.938. The number of alkyl halides is 3. The van der Waals surface area contributed by atoms with Crippen LogP contribution in [0.2, 0.25) is 0 Å². The minimum Gasteiger partial charge on any atom is -0.465 e. The van der Waals surface area contributed by atoms with Gasteiger partial charge in [0, 0.05) is 5.69 Å². The normalized spacial score (nSPS) is 11.8. The van der Waals surface area contributed by atoms with Crippen LogP contribution in [0.1, 0.15) is 21.5 Å². The number of carbonyl (C=O) groups is 1. The molecule has 2 aromatic rings. The first-order valence-electron chi connectivity index (χ1n) is 6.96. The number of benzene rings is 2. The van der Waals surface area contributed by atoms with E-state index in [-0.39, 0.29) is 11.3 Å². The molecule has 0 bridgehead atoms. The van der Waals surface area contributed by atoms with Crippen molar-refractivity contribution in [3.05, 3.63) is 65.2 Å². The number of halogens is 3. The molecule has 0 aliphatic rings. The summed E-state index contributed by atoms with van der Waals surface area (Å²) in [5.41, 5.74) is -0.153. The molecule has 9 heteroatoms. The van der Waals surface area contributed by atoms with Gasteiger partial charge in [0.05, 0.1) is 24.0 Å². The van der Waals surface area contributed by atoms with Crippen molar-refractivity contribution in [2.75, 3.05) is 11.8 Å². The topological polar surface area (TPSA) is 72.5 Å². The molecule has 0 unspecified atom stereocenters. The average molecular weight is 373 g/mol. The number of nitrogens with one attached hydrogen (secondary N) is 1. The fourth-order valence-electron chi connectivity index (χ4n) is 2.02. The van der Waals surface area contributed by atoms with Crippen LogP contribution in [0.3, 0.4) is 0 Å². The largest absolute Gasteiger partial charge is 0.465 e. The first-order chi connectivity index (χ1) is 11.6. The molecule has 0 atom stereocenters. The van der Waals surface area contributed by atoms with Crippen molar-refractivity contribution >= 4 is 21.7 Å². The Hall–Kier alpha value is -2.55. The van der Waals surface area contributed by atoms with Gasteiger partial charge < -0.3 is 4.74 Å². The van der Waals surface area contributed by atoms with E-state index in [9.17, 15) is 26.4 Å². The van der Waals surface area contributed by atoms with Crippen molar-refractivity contribution < 1.29 is 31.1 Å². The third-order valence-electron chi connectivity index (χ3n) is 3.22. The van der Waals surface area contributed by atoms with Crippen molar-refractivity contribution in [2.45, 2.75) is 11.9 Å². The third kappa shape index (κ3) is 5.21. The van der Waals surface area contributed by atoms with Crippen LogP contribution < -0.4 is 4.72 Å². The number of hydrogen-bond donors (Lipinski definition) is 1. The lowest BCUT2D eigenvalue weighted by molar-refractivity contribution is -0.137. The van der Waals surface area contributed by atoms with Crippen LogP contribution >= 0.6 is 0 Å². The molecule has 0 radical (unpaired) electrons. The number of rotatable bonds is 5. The summed E-state index contributed by atoms with van der Waals surface area (Å²) in [6.45, 7) is 0. The molecule has 0 saturated heterocycles. The third-order valence-corrected chi connectivity index (χ3v) is 4.48. The Kier molecular flexibility index (Phi) is 5.36. The molecule has 0 saturated carbocycles. The van der Waals surface area contributed by atoms with Crippen molar-refractivity contribution in [3.8, 4) is 0 Å².